The Morgan fingerprint density at radius 2 is 2.00 bits per heavy atom. The Hall–Kier alpha value is -1.62. The van der Waals surface area contributed by atoms with Gasteiger partial charge in [-0.25, -0.2) is 13.4 Å². The summed E-state index contributed by atoms with van der Waals surface area (Å²) in [7, 11) is -3.03. The zero-order valence-electron chi connectivity index (χ0n) is 16.5. The molecule has 0 saturated carbocycles. The highest BCUT2D eigenvalue weighted by Gasteiger charge is 2.34. The third-order valence-electron chi connectivity index (χ3n) is 4.97. The molecule has 160 valence electrons. The van der Waals surface area contributed by atoms with Crippen molar-refractivity contribution in [2.24, 2.45) is 0 Å². The lowest BCUT2D eigenvalue weighted by Crippen LogP contribution is -2.42. The first-order valence-electron chi connectivity index (χ1n) is 9.77. The van der Waals surface area contributed by atoms with Gasteiger partial charge in [0.05, 0.1) is 32.7 Å². The Kier molecular flexibility index (Phi) is 6.66. The fourth-order valence-corrected chi connectivity index (χ4v) is 7.53. The van der Waals surface area contributed by atoms with Gasteiger partial charge in [-0.3, -0.25) is 4.79 Å². The van der Waals surface area contributed by atoms with E-state index in [1.54, 1.807) is 27.6 Å². The van der Waals surface area contributed by atoms with Gasteiger partial charge in [0.15, 0.2) is 15.0 Å². The van der Waals surface area contributed by atoms with Gasteiger partial charge in [0.2, 0.25) is 5.91 Å². The van der Waals surface area contributed by atoms with Gasteiger partial charge in [0, 0.05) is 12.6 Å². The van der Waals surface area contributed by atoms with Crippen LogP contribution in [-0.4, -0.2) is 59.0 Å². The van der Waals surface area contributed by atoms with E-state index < -0.39 is 9.84 Å². The molecule has 0 radical (unpaired) electrons. The van der Waals surface area contributed by atoms with E-state index in [0.717, 1.165) is 27.6 Å². The average Bonchev–Trinajstić information content (AvgIpc) is 3.50. The highest BCUT2D eigenvalue weighted by Crippen LogP contribution is 2.36. The second-order valence-electron chi connectivity index (χ2n) is 7.15. The van der Waals surface area contributed by atoms with E-state index in [1.807, 2.05) is 35.9 Å². The number of sulfone groups is 1. The lowest BCUT2D eigenvalue weighted by Gasteiger charge is -2.27. The Morgan fingerprint density at radius 3 is 2.60 bits per heavy atom. The van der Waals surface area contributed by atoms with E-state index in [-0.39, 0.29) is 29.2 Å². The molecule has 1 aliphatic heterocycles. The maximum absolute atomic E-state index is 12.9. The van der Waals surface area contributed by atoms with Gasteiger partial charge in [-0.15, -0.1) is 22.7 Å². The zero-order chi connectivity index (χ0) is 21.1. The van der Waals surface area contributed by atoms with Gasteiger partial charge < -0.3 is 9.88 Å². The number of nitrogens with one attached hydrogen (secondary N) is 1. The number of imidazole rings is 1. The summed E-state index contributed by atoms with van der Waals surface area (Å²) in [4.78, 5) is 25.0. The first kappa shape index (κ1) is 21.6. The average molecular weight is 482 g/mol. The Labute approximate surface area is 188 Å². The molecule has 1 atom stereocenters. The summed E-state index contributed by atoms with van der Waals surface area (Å²) in [5.74, 6) is 0.452. The molecule has 10 heteroatoms. The molecule has 1 fully saturated rings. The van der Waals surface area contributed by atoms with Crippen molar-refractivity contribution in [2.75, 3.05) is 23.8 Å². The van der Waals surface area contributed by atoms with Gasteiger partial charge in [0.25, 0.3) is 0 Å². The highest BCUT2D eigenvalue weighted by molar-refractivity contribution is 7.99. The number of H-pyrrole nitrogens is 1. The van der Waals surface area contributed by atoms with Gasteiger partial charge in [-0.2, -0.15) is 0 Å². The molecule has 3 aromatic heterocycles. The third-order valence-corrected chi connectivity index (χ3v) is 9.34. The van der Waals surface area contributed by atoms with Crippen LogP contribution < -0.4 is 0 Å². The number of rotatable bonds is 8. The minimum Gasteiger partial charge on any atom is -0.338 e. The Morgan fingerprint density at radius 1 is 1.27 bits per heavy atom. The van der Waals surface area contributed by atoms with Crippen LogP contribution in [0.4, 0.5) is 0 Å². The van der Waals surface area contributed by atoms with E-state index in [9.17, 15) is 13.2 Å². The predicted molar refractivity (Wildman–Crippen MR) is 125 cm³/mol. The number of thiophene rings is 2. The van der Waals surface area contributed by atoms with Crippen LogP contribution in [0.5, 0.6) is 0 Å². The standard InChI is InChI=1S/C20H23N3O3S4/c1-2-8-23(14-7-11-30(25,26)13-14)17(24)12-29-20-21-18(15-5-3-9-27-15)19(22-20)16-6-4-10-28-16/h3-6,9-10,14H,2,7-8,11-13H2,1H3,(H,21,22). The summed E-state index contributed by atoms with van der Waals surface area (Å²) < 4.78 is 23.7. The first-order chi connectivity index (χ1) is 14.5. The van der Waals surface area contributed by atoms with Crippen LogP contribution >= 0.6 is 34.4 Å². The minimum atomic E-state index is -3.03. The molecule has 0 aliphatic carbocycles. The van der Waals surface area contributed by atoms with Crippen LogP contribution in [0.2, 0.25) is 0 Å². The van der Waals surface area contributed by atoms with Crippen molar-refractivity contribution in [3.8, 4) is 21.1 Å². The van der Waals surface area contributed by atoms with Crippen LogP contribution in [-0.2, 0) is 14.6 Å². The van der Waals surface area contributed by atoms with Gasteiger partial charge >= 0.3 is 0 Å². The number of aromatic nitrogens is 2. The van der Waals surface area contributed by atoms with Crippen molar-refractivity contribution in [1.82, 2.24) is 14.9 Å². The number of carbonyl (C=O) groups is 1. The number of nitrogens with zero attached hydrogens (tertiary/aromatic N) is 2. The van der Waals surface area contributed by atoms with Gasteiger partial charge in [-0.05, 0) is 35.7 Å². The molecule has 0 bridgehead atoms. The molecule has 6 nitrogen and oxygen atoms in total. The lowest BCUT2D eigenvalue weighted by atomic mass is 10.2. The lowest BCUT2D eigenvalue weighted by molar-refractivity contribution is -0.130. The molecule has 0 aromatic carbocycles. The van der Waals surface area contributed by atoms with Crippen LogP contribution in [0.25, 0.3) is 21.1 Å². The molecule has 0 spiro atoms. The van der Waals surface area contributed by atoms with E-state index in [2.05, 4.69) is 11.1 Å². The molecule has 1 N–H and O–H groups in total. The first-order valence-corrected chi connectivity index (χ1v) is 14.3. The molecule has 1 unspecified atom stereocenters. The Balaban J connectivity index is 1.50. The van der Waals surface area contributed by atoms with E-state index in [1.165, 1.54) is 11.8 Å². The molecule has 4 heterocycles. The molecule has 1 aliphatic rings. The van der Waals surface area contributed by atoms with E-state index in [0.29, 0.717) is 18.1 Å². The number of hydrogen-bond acceptors (Lipinski definition) is 7. The number of carbonyl (C=O) groups excluding carboxylic acids is 1. The van der Waals surface area contributed by atoms with Gasteiger partial charge in [-0.1, -0.05) is 30.8 Å². The monoisotopic (exact) mass is 481 g/mol. The maximum Gasteiger partial charge on any atom is 0.233 e. The molecule has 1 amide bonds. The number of thioether (sulfide) groups is 1. The van der Waals surface area contributed by atoms with Crippen molar-refractivity contribution in [3.63, 3.8) is 0 Å². The predicted octanol–water partition coefficient (Wildman–Crippen LogP) is 4.38. The van der Waals surface area contributed by atoms with Crippen LogP contribution in [0.1, 0.15) is 19.8 Å². The topological polar surface area (TPSA) is 83.1 Å². The molecule has 3 aromatic rings. The largest absolute Gasteiger partial charge is 0.338 e. The van der Waals surface area contributed by atoms with Crippen LogP contribution in [0, 0.1) is 0 Å². The van der Waals surface area contributed by atoms with E-state index in [4.69, 9.17) is 4.98 Å². The highest BCUT2D eigenvalue weighted by atomic mass is 32.2. The van der Waals surface area contributed by atoms with E-state index >= 15 is 0 Å². The second-order valence-corrected chi connectivity index (χ2v) is 12.2. The summed E-state index contributed by atoms with van der Waals surface area (Å²) in [6.07, 6.45) is 1.34. The molecular formula is C20H23N3O3S4. The minimum absolute atomic E-state index is 0.0318. The fourth-order valence-electron chi connectivity index (χ4n) is 3.60. The summed E-state index contributed by atoms with van der Waals surface area (Å²) in [5.41, 5.74) is 1.87. The number of hydrogen-bond donors (Lipinski definition) is 1. The van der Waals surface area contributed by atoms with Crippen molar-refractivity contribution < 1.29 is 13.2 Å². The smallest absolute Gasteiger partial charge is 0.233 e. The quantitative estimate of drug-likeness (QED) is 0.483. The summed E-state index contributed by atoms with van der Waals surface area (Å²) >= 11 is 4.65. The molecule has 1 saturated heterocycles. The van der Waals surface area contributed by atoms with Crippen LogP contribution in [0.3, 0.4) is 0 Å². The zero-order valence-corrected chi connectivity index (χ0v) is 19.8. The molecular weight excluding hydrogens is 459 g/mol. The number of aromatic amines is 1. The Bertz CT molecular complexity index is 1040. The molecule has 30 heavy (non-hydrogen) atoms. The fraction of sp³-hybridized carbons (Fsp3) is 0.400. The van der Waals surface area contributed by atoms with Crippen molar-refractivity contribution in [3.05, 3.63) is 35.0 Å². The summed E-state index contributed by atoms with van der Waals surface area (Å²) in [5, 5.41) is 4.76. The van der Waals surface area contributed by atoms with Gasteiger partial charge in [0.1, 0.15) is 5.69 Å². The molecule has 4 rings (SSSR count). The van der Waals surface area contributed by atoms with Crippen molar-refractivity contribution >= 4 is 50.2 Å². The SMILES string of the molecule is CCCN(C(=O)CSc1nc(-c2cccs2)c(-c2cccs2)[nH]1)C1CCS(=O)(=O)C1. The third kappa shape index (κ3) is 4.82. The van der Waals surface area contributed by atoms with Crippen molar-refractivity contribution in [2.45, 2.75) is 31.0 Å². The van der Waals surface area contributed by atoms with Crippen LogP contribution in [0.15, 0.2) is 40.2 Å². The maximum atomic E-state index is 12.9. The van der Waals surface area contributed by atoms with Crippen molar-refractivity contribution in [1.29, 1.82) is 0 Å². The summed E-state index contributed by atoms with van der Waals surface area (Å²) in [6.45, 7) is 2.59. The number of amides is 1. The second kappa shape index (κ2) is 9.25. The normalized spacial score (nSPS) is 18.0. The summed E-state index contributed by atoms with van der Waals surface area (Å²) in [6, 6.07) is 7.90.